The van der Waals surface area contributed by atoms with E-state index >= 15 is 0 Å². The lowest BCUT2D eigenvalue weighted by Gasteiger charge is -2.33. The zero-order valence-electron chi connectivity index (χ0n) is 11.5. The number of piperazine rings is 1. The van der Waals surface area contributed by atoms with Gasteiger partial charge in [-0.05, 0) is 31.3 Å². The number of likely N-dealkylation sites (N-methyl/N-ethyl adjacent to an activating group) is 1. The van der Waals surface area contributed by atoms with Gasteiger partial charge in [-0.25, -0.2) is 13.4 Å². The molecule has 0 aromatic heterocycles. The van der Waals surface area contributed by atoms with Gasteiger partial charge in [-0.3, -0.25) is 0 Å². The summed E-state index contributed by atoms with van der Waals surface area (Å²) in [7, 11) is -0.991. The maximum Gasteiger partial charge on any atom is 0.178 e. The molecule has 1 saturated heterocycles. The average molecular weight is 283 g/mol. The molecule has 1 aliphatic heterocycles. The van der Waals surface area contributed by atoms with Gasteiger partial charge in [-0.1, -0.05) is 6.92 Å². The molecule has 1 heterocycles. The second kappa shape index (κ2) is 5.90. The van der Waals surface area contributed by atoms with E-state index in [1.54, 1.807) is 19.1 Å². The summed E-state index contributed by atoms with van der Waals surface area (Å²) in [5, 5.41) is 2.16. The lowest BCUT2D eigenvalue weighted by Crippen LogP contribution is -2.46. The van der Waals surface area contributed by atoms with Gasteiger partial charge in [0.25, 0.3) is 0 Å². The molecule has 0 saturated carbocycles. The van der Waals surface area contributed by atoms with E-state index in [0.717, 1.165) is 31.9 Å². The molecule has 19 heavy (non-hydrogen) atoms. The number of benzene rings is 1. The Labute approximate surface area is 115 Å². The van der Waals surface area contributed by atoms with Gasteiger partial charge in [-0.2, -0.15) is 0 Å². The first-order valence-corrected chi connectivity index (χ1v) is 8.19. The predicted molar refractivity (Wildman–Crippen MR) is 76.9 cm³/mol. The van der Waals surface area contributed by atoms with Crippen molar-refractivity contribution in [3.05, 3.63) is 24.3 Å². The van der Waals surface area contributed by atoms with Crippen LogP contribution in [0, 0.1) is 0 Å². The second-order valence-corrected chi connectivity index (χ2v) is 7.11. The smallest absolute Gasteiger partial charge is 0.178 e. The highest BCUT2D eigenvalue weighted by molar-refractivity contribution is 7.91. The molecule has 1 aromatic carbocycles. The summed E-state index contributed by atoms with van der Waals surface area (Å²) in [6, 6.07) is 6.97. The molecule has 1 aromatic rings. The fourth-order valence-electron chi connectivity index (χ4n) is 2.00. The van der Waals surface area contributed by atoms with Crippen molar-refractivity contribution >= 4 is 15.5 Å². The molecular weight excluding hydrogens is 262 g/mol. The largest absolute Gasteiger partial charge is 0.319 e. The first-order valence-electron chi connectivity index (χ1n) is 6.54. The van der Waals surface area contributed by atoms with Crippen LogP contribution in [0.2, 0.25) is 0 Å². The standard InChI is InChI=1S/C13H21N3O2S/c1-3-19(17,18)13-6-4-12(5-7-13)14-16-10-8-15(2)9-11-16/h4-7,14H,3,8-11H2,1-2H3. The summed E-state index contributed by atoms with van der Waals surface area (Å²) in [6.07, 6.45) is 0. The Morgan fingerprint density at radius 2 is 1.68 bits per heavy atom. The van der Waals surface area contributed by atoms with Crippen LogP contribution in [0.3, 0.4) is 0 Å². The Kier molecular flexibility index (Phi) is 4.44. The zero-order chi connectivity index (χ0) is 13.9. The van der Waals surface area contributed by atoms with E-state index in [4.69, 9.17) is 0 Å². The van der Waals surface area contributed by atoms with Crippen molar-refractivity contribution in [2.75, 3.05) is 44.4 Å². The fraction of sp³-hybridized carbons (Fsp3) is 0.538. The van der Waals surface area contributed by atoms with E-state index in [1.165, 1.54) is 0 Å². The number of hydrogen-bond acceptors (Lipinski definition) is 5. The molecule has 0 radical (unpaired) electrons. The van der Waals surface area contributed by atoms with Gasteiger partial charge in [0.15, 0.2) is 9.84 Å². The molecule has 0 unspecified atom stereocenters. The first kappa shape index (κ1) is 14.3. The number of nitrogens with one attached hydrogen (secondary N) is 1. The summed E-state index contributed by atoms with van der Waals surface area (Å²) in [5.74, 6) is 0.137. The Balaban J connectivity index is 1.99. The third kappa shape index (κ3) is 3.68. The molecular formula is C13H21N3O2S. The Morgan fingerprint density at radius 3 is 2.21 bits per heavy atom. The van der Waals surface area contributed by atoms with Crippen LogP contribution < -0.4 is 5.43 Å². The van der Waals surface area contributed by atoms with Crippen LogP contribution in [-0.4, -0.2) is 57.3 Å². The van der Waals surface area contributed by atoms with Gasteiger partial charge in [0.2, 0.25) is 0 Å². The van der Waals surface area contributed by atoms with Crippen LogP contribution >= 0.6 is 0 Å². The van der Waals surface area contributed by atoms with E-state index < -0.39 is 9.84 Å². The van der Waals surface area contributed by atoms with Crippen LogP contribution in [0.1, 0.15) is 6.92 Å². The summed E-state index contributed by atoms with van der Waals surface area (Å²) in [5.41, 5.74) is 4.24. The van der Waals surface area contributed by atoms with Crippen molar-refractivity contribution in [1.82, 2.24) is 9.91 Å². The summed E-state index contributed by atoms with van der Waals surface area (Å²) in [4.78, 5) is 2.67. The van der Waals surface area contributed by atoms with Crippen LogP contribution in [0.25, 0.3) is 0 Å². The first-order chi connectivity index (χ1) is 9.01. The molecule has 106 valence electrons. The predicted octanol–water partition coefficient (Wildman–Crippen LogP) is 1.05. The normalized spacial score (nSPS) is 18.4. The van der Waals surface area contributed by atoms with E-state index in [2.05, 4.69) is 22.4 Å². The molecule has 1 fully saturated rings. The number of nitrogens with zero attached hydrogens (tertiary/aromatic N) is 2. The fourth-order valence-corrected chi connectivity index (χ4v) is 2.89. The van der Waals surface area contributed by atoms with E-state index in [1.807, 2.05) is 12.1 Å². The van der Waals surface area contributed by atoms with Gasteiger partial charge in [0, 0.05) is 31.9 Å². The minimum absolute atomic E-state index is 0.137. The lowest BCUT2D eigenvalue weighted by atomic mass is 10.3. The van der Waals surface area contributed by atoms with Gasteiger partial charge in [-0.15, -0.1) is 0 Å². The van der Waals surface area contributed by atoms with Crippen LogP contribution in [0.4, 0.5) is 5.69 Å². The maximum absolute atomic E-state index is 11.7. The molecule has 1 aliphatic rings. The summed E-state index contributed by atoms with van der Waals surface area (Å²) >= 11 is 0. The molecule has 0 spiro atoms. The van der Waals surface area contributed by atoms with Crippen molar-refractivity contribution in [3.8, 4) is 0 Å². The molecule has 0 atom stereocenters. The van der Waals surface area contributed by atoms with Crippen molar-refractivity contribution in [1.29, 1.82) is 0 Å². The summed E-state index contributed by atoms with van der Waals surface area (Å²) in [6.45, 7) is 5.66. The average Bonchev–Trinajstić information content (AvgIpc) is 2.42. The molecule has 2 rings (SSSR count). The monoisotopic (exact) mass is 283 g/mol. The van der Waals surface area contributed by atoms with E-state index in [-0.39, 0.29) is 5.75 Å². The van der Waals surface area contributed by atoms with Crippen LogP contribution in [0.5, 0.6) is 0 Å². The van der Waals surface area contributed by atoms with Gasteiger partial charge < -0.3 is 10.3 Å². The number of hydrazine groups is 1. The SMILES string of the molecule is CCS(=O)(=O)c1ccc(NN2CCN(C)CC2)cc1. The van der Waals surface area contributed by atoms with Crippen molar-refractivity contribution in [2.45, 2.75) is 11.8 Å². The third-order valence-electron chi connectivity index (χ3n) is 3.38. The topological polar surface area (TPSA) is 52.7 Å². The minimum atomic E-state index is -3.10. The van der Waals surface area contributed by atoms with Gasteiger partial charge >= 0.3 is 0 Å². The molecule has 1 N–H and O–H groups in total. The molecule has 0 bridgehead atoms. The van der Waals surface area contributed by atoms with Gasteiger partial charge in [0.1, 0.15) is 0 Å². The highest BCUT2D eigenvalue weighted by atomic mass is 32.2. The molecule has 6 heteroatoms. The highest BCUT2D eigenvalue weighted by Crippen LogP contribution is 2.16. The second-order valence-electron chi connectivity index (χ2n) is 4.83. The van der Waals surface area contributed by atoms with E-state index in [9.17, 15) is 8.42 Å². The third-order valence-corrected chi connectivity index (χ3v) is 5.13. The van der Waals surface area contributed by atoms with Crippen molar-refractivity contribution in [3.63, 3.8) is 0 Å². The quantitative estimate of drug-likeness (QED) is 0.895. The Bertz CT molecular complexity index is 505. The number of rotatable bonds is 4. The van der Waals surface area contributed by atoms with Crippen molar-refractivity contribution < 1.29 is 8.42 Å². The zero-order valence-corrected chi connectivity index (χ0v) is 12.3. The number of anilines is 1. The highest BCUT2D eigenvalue weighted by Gasteiger charge is 2.14. The molecule has 0 aliphatic carbocycles. The number of hydrogen-bond donors (Lipinski definition) is 1. The minimum Gasteiger partial charge on any atom is -0.319 e. The Morgan fingerprint density at radius 1 is 1.11 bits per heavy atom. The van der Waals surface area contributed by atoms with E-state index in [0.29, 0.717) is 4.90 Å². The van der Waals surface area contributed by atoms with Crippen LogP contribution in [-0.2, 0) is 9.84 Å². The summed E-state index contributed by atoms with van der Waals surface area (Å²) < 4.78 is 23.4. The Hall–Kier alpha value is -1.11. The van der Waals surface area contributed by atoms with Gasteiger partial charge in [0.05, 0.1) is 10.6 Å². The molecule has 5 nitrogen and oxygen atoms in total. The van der Waals surface area contributed by atoms with Crippen molar-refractivity contribution in [2.24, 2.45) is 0 Å². The van der Waals surface area contributed by atoms with Crippen LogP contribution in [0.15, 0.2) is 29.2 Å². The maximum atomic E-state index is 11.7. The number of sulfone groups is 1. The molecule has 0 amide bonds. The lowest BCUT2D eigenvalue weighted by molar-refractivity contribution is 0.179.